The summed E-state index contributed by atoms with van der Waals surface area (Å²) in [5.41, 5.74) is 2.55. The van der Waals surface area contributed by atoms with E-state index in [1.807, 2.05) is 18.3 Å². The smallest absolute Gasteiger partial charge is 0.0694 e. The summed E-state index contributed by atoms with van der Waals surface area (Å²) in [6.45, 7) is 3.45. The van der Waals surface area contributed by atoms with Crippen LogP contribution in [0.2, 0.25) is 0 Å². The predicted octanol–water partition coefficient (Wildman–Crippen LogP) is 2.11. The van der Waals surface area contributed by atoms with Crippen LogP contribution in [0.15, 0.2) is 54.9 Å². The highest BCUT2D eigenvalue weighted by Crippen LogP contribution is 2.16. The first kappa shape index (κ1) is 15.2. The lowest BCUT2D eigenvalue weighted by molar-refractivity contribution is -0.0204. The molecule has 1 atom stereocenters. The molecule has 0 radical (unpaired) electrons. The third kappa shape index (κ3) is 4.13. The number of aliphatic hydroxyl groups excluding tert-OH is 1. The van der Waals surface area contributed by atoms with Crippen LogP contribution in [0, 0.1) is 0 Å². The van der Waals surface area contributed by atoms with Gasteiger partial charge in [-0.05, 0) is 30.0 Å². The van der Waals surface area contributed by atoms with E-state index in [2.05, 4.69) is 45.3 Å². The van der Waals surface area contributed by atoms with Crippen molar-refractivity contribution in [3.05, 3.63) is 66.0 Å². The van der Waals surface area contributed by atoms with Gasteiger partial charge in [0.1, 0.15) is 0 Å². The molecule has 0 amide bonds. The zero-order valence-corrected chi connectivity index (χ0v) is 12.8. The van der Waals surface area contributed by atoms with Gasteiger partial charge in [0.15, 0.2) is 0 Å². The van der Waals surface area contributed by atoms with E-state index in [0.717, 1.165) is 39.0 Å². The van der Waals surface area contributed by atoms with Crippen molar-refractivity contribution in [3.63, 3.8) is 0 Å². The molecule has 116 valence electrons. The van der Waals surface area contributed by atoms with Crippen molar-refractivity contribution in [2.75, 3.05) is 19.6 Å². The maximum absolute atomic E-state index is 9.82. The molecule has 1 aliphatic rings. The summed E-state index contributed by atoms with van der Waals surface area (Å²) >= 11 is 0. The molecule has 4 heteroatoms. The summed E-state index contributed by atoms with van der Waals surface area (Å²) < 4.78 is 0. The normalized spacial score (nSPS) is 18.9. The SMILES string of the molecule is O[C@H]1CCN(N(CCc2ccccc2)Cc2cccnc2)C1. The number of hydrogen-bond donors (Lipinski definition) is 1. The van der Waals surface area contributed by atoms with Gasteiger partial charge in [-0.25, -0.2) is 10.0 Å². The molecule has 0 unspecified atom stereocenters. The van der Waals surface area contributed by atoms with Crippen molar-refractivity contribution in [1.29, 1.82) is 0 Å². The highest BCUT2D eigenvalue weighted by Gasteiger charge is 2.25. The Balaban J connectivity index is 1.66. The van der Waals surface area contributed by atoms with Gasteiger partial charge in [-0.3, -0.25) is 4.98 Å². The van der Waals surface area contributed by atoms with Crippen molar-refractivity contribution in [2.24, 2.45) is 0 Å². The molecule has 1 fully saturated rings. The molecule has 1 aromatic heterocycles. The molecule has 2 aromatic rings. The number of aromatic nitrogens is 1. The number of hydrazine groups is 1. The van der Waals surface area contributed by atoms with E-state index in [1.165, 1.54) is 11.1 Å². The van der Waals surface area contributed by atoms with Crippen LogP contribution in [0.25, 0.3) is 0 Å². The van der Waals surface area contributed by atoms with E-state index in [0.29, 0.717) is 0 Å². The Labute approximate surface area is 132 Å². The first-order valence-corrected chi connectivity index (χ1v) is 7.92. The largest absolute Gasteiger partial charge is 0.392 e. The lowest BCUT2D eigenvalue weighted by atomic mass is 10.1. The molecule has 0 aliphatic carbocycles. The third-order valence-corrected chi connectivity index (χ3v) is 4.13. The van der Waals surface area contributed by atoms with E-state index in [-0.39, 0.29) is 6.10 Å². The molecule has 2 heterocycles. The number of pyridine rings is 1. The van der Waals surface area contributed by atoms with E-state index >= 15 is 0 Å². The molecule has 3 rings (SSSR count). The molecule has 0 saturated carbocycles. The number of benzene rings is 1. The fourth-order valence-electron chi connectivity index (χ4n) is 2.91. The zero-order valence-electron chi connectivity index (χ0n) is 12.8. The second kappa shape index (κ2) is 7.49. The minimum absolute atomic E-state index is 0.201. The summed E-state index contributed by atoms with van der Waals surface area (Å²) in [6.07, 6.45) is 5.38. The Kier molecular flexibility index (Phi) is 5.16. The number of nitrogens with zero attached hydrogens (tertiary/aromatic N) is 3. The van der Waals surface area contributed by atoms with Gasteiger partial charge in [0.25, 0.3) is 0 Å². The van der Waals surface area contributed by atoms with Gasteiger partial charge in [0, 0.05) is 38.6 Å². The highest BCUT2D eigenvalue weighted by atomic mass is 16.3. The summed E-state index contributed by atoms with van der Waals surface area (Å²) in [6, 6.07) is 14.6. The Morgan fingerprint density at radius 3 is 2.64 bits per heavy atom. The van der Waals surface area contributed by atoms with Crippen molar-refractivity contribution >= 4 is 0 Å². The van der Waals surface area contributed by atoms with Crippen LogP contribution >= 0.6 is 0 Å². The number of β-amino-alcohol motifs (C(OH)–C–C–N with tert-alkyl or cyclic N) is 1. The first-order valence-electron chi connectivity index (χ1n) is 7.92. The fraction of sp³-hybridized carbons (Fsp3) is 0.389. The van der Waals surface area contributed by atoms with Crippen LogP contribution in [-0.2, 0) is 13.0 Å². The summed E-state index contributed by atoms with van der Waals surface area (Å²) in [7, 11) is 0. The summed E-state index contributed by atoms with van der Waals surface area (Å²) in [4.78, 5) is 4.20. The minimum Gasteiger partial charge on any atom is -0.392 e. The molecule has 22 heavy (non-hydrogen) atoms. The van der Waals surface area contributed by atoms with Crippen molar-refractivity contribution in [2.45, 2.75) is 25.5 Å². The van der Waals surface area contributed by atoms with E-state index in [9.17, 15) is 5.11 Å². The zero-order chi connectivity index (χ0) is 15.2. The van der Waals surface area contributed by atoms with Crippen LogP contribution < -0.4 is 0 Å². The molecule has 1 N–H and O–H groups in total. The number of hydrogen-bond acceptors (Lipinski definition) is 4. The van der Waals surface area contributed by atoms with Gasteiger partial charge >= 0.3 is 0 Å². The lowest BCUT2D eigenvalue weighted by Crippen LogP contribution is -2.42. The van der Waals surface area contributed by atoms with Gasteiger partial charge in [0.2, 0.25) is 0 Å². The Bertz CT molecular complexity index is 561. The van der Waals surface area contributed by atoms with Gasteiger partial charge in [-0.1, -0.05) is 36.4 Å². The van der Waals surface area contributed by atoms with Crippen LogP contribution in [0.1, 0.15) is 17.5 Å². The number of rotatable bonds is 6. The average Bonchev–Trinajstić information content (AvgIpc) is 3.00. The maximum atomic E-state index is 9.82. The van der Waals surface area contributed by atoms with Gasteiger partial charge in [0.05, 0.1) is 6.10 Å². The van der Waals surface area contributed by atoms with E-state index in [1.54, 1.807) is 6.20 Å². The van der Waals surface area contributed by atoms with Crippen LogP contribution in [0.5, 0.6) is 0 Å². The van der Waals surface area contributed by atoms with Crippen molar-refractivity contribution in [1.82, 2.24) is 15.0 Å². The minimum atomic E-state index is -0.201. The second-order valence-corrected chi connectivity index (χ2v) is 5.84. The molecular formula is C18H23N3O. The third-order valence-electron chi connectivity index (χ3n) is 4.13. The van der Waals surface area contributed by atoms with Crippen LogP contribution in [0.3, 0.4) is 0 Å². The molecular weight excluding hydrogens is 274 g/mol. The topological polar surface area (TPSA) is 39.6 Å². The molecule has 1 saturated heterocycles. The van der Waals surface area contributed by atoms with Gasteiger partial charge < -0.3 is 5.11 Å². The Morgan fingerprint density at radius 1 is 1.14 bits per heavy atom. The Morgan fingerprint density at radius 2 is 1.95 bits per heavy atom. The van der Waals surface area contributed by atoms with Crippen molar-refractivity contribution < 1.29 is 5.11 Å². The van der Waals surface area contributed by atoms with Crippen LogP contribution in [0.4, 0.5) is 0 Å². The van der Waals surface area contributed by atoms with Crippen molar-refractivity contribution in [3.8, 4) is 0 Å². The Hall–Kier alpha value is -1.75. The van der Waals surface area contributed by atoms with E-state index < -0.39 is 0 Å². The fourth-order valence-corrected chi connectivity index (χ4v) is 2.91. The molecule has 0 spiro atoms. The molecule has 1 aliphatic heterocycles. The highest BCUT2D eigenvalue weighted by molar-refractivity contribution is 5.15. The average molecular weight is 297 g/mol. The van der Waals surface area contributed by atoms with E-state index in [4.69, 9.17) is 0 Å². The quantitative estimate of drug-likeness (QED) is 0.886. The first-order chi connectivity index (χ1) is 10.8. The van der Waals surface area contributed by atoms with Gasteiger partial charge in [-0.15, -0.1) is 0 Å². The van der Waals surface area contributed by atoms with Crippen LogP contribution in [-0.4, -0.2) is 45.8 Å². The number of aliphatic hydroxyl groups is 1. The molecule has 0 bridgehead atoms. The standard InChI is InChI=1S/C18H23N3O/c22-18-9-12-21(15-18)20(14-17-7-4-10-19-13-17)11-8-16-5-2-1-3-6-16/h1-7,10,13,18,22H,8-9,11-12,14-15H2/t18-/m0/s1. The van der Waals surface area contributed by atoms with Gasteiger partial charge in [-0.2, -0.15) is 0 Å². The second-order valence-electron chi connectivity index (χ2n) is 5.84. The monoisotopic (exact) mass is 297 g/mol. The lowest BCUT2D eigenvalue weighted by Gasteiger charge is -2.31. The maximum Gasteiger partial charge on any atom is 0.0694 e. The molecule has 1 aromatic carbocycles. The summed E-state index contributed by atoms with van der Waals surface area (Å²) in [5, 5.41) is 14.4. The predicted molar refractivity (Wildman–Crippen MR) is 87.0 cm³/mol. The summed E-state index contributed by atoms with van der Waals surface area (Å²) in [5.74, 6) is 0. The molecule has 4 nitrogen and oxygen atoms in total.